The van der Waals surface area contributed by atoms with Crippen LogP contribution in [0.5, 0.6) is 0 Å². The molecule has 1 rings (SSSR count). The van der Waals surface area contributed by atoms with Gasteiger partial charge in [0.25, 0.3) is 0 Å². The lowest BCUT2D eigenvalue weighted by atomic mass is 10.2. The largest absolute Gasteiger partial charge is 0.308 e. The van der Waals surface area contributed by atoms with Crippen molar-refractivity contribution in [3.05, 3.63) is 35.4 Å². The number of halogens is 2. The van der Waals surface area contributed by atoms with E-state index in [1.54, 1.807) is 7.05 Å². The van der Waals surface area contributed by atoms with Gasteiger partial charge in [-0.1, -0.05) is 6.07 Å². The Morgan fingerprint density at radius 3 is 2.69 bits per heavy atom. The van der Waals surface area contributed by atoms with Crippen LogP contribution in [0.15, 0.2) is 18.2 Å². The summed E-state index contributed by atoms with van der Waals surface area (Å²) in [5.74, 6) is -1.06. The number of nitrogens with one attached hydrogen (secondary N) is 2. The summed E-state index contributed by atoms with van der Waals surface area (Å²) in [6, 6.07) is 3.57. The van der Waals surface area contributed by atoms with Crippen molar-refractivity contribution in [2.24, 2.45) is 0 Å². The van der Waals surface area contributed by atoms with Gasteiger partial charge in [-0.3, -0.25) is 0 Å². The van der Waals surface area contributed by atoms with Gasteiger partial charge in [-0.15, -0.1) is 0 Å². The average Bonchev–Trinajstić information content (AvgIpc) is 2.09. The fourth-order valence-electron chi connectivity index (χ4n) is 0.987. The second kappa shape index (κ2) is 4.89. The molecule has 0 aromatic heterocycles. The van der Waals surface area contributed by atoms with Crippen LogP contribution >= 0.6 is 0 Å². The van der Waals surface area contributed by atoms with Crippen molar-refractivity contribution in [2.45, 2.75) is 6.54 Å². The first-order valence-electron chi connectivity index (χ1n) is 4.03. The molecule has 0 radical (unpaired) electrons. The van der Waals surface area contributed by atoms with Gasteiger partial charge >= 0.3 is 0 Å². The van der Waals surface area contributed by atoms with E-state index in [1.165, 1.54) is 12.1 Å². The van der Waals surface area contributed by atoms with Crippen molar-refractivity contribution in [1.29, 1.82) is 0 Å². The maximum atomic E-state index is 13.0. The minimum absolute atomic E-state index is 0.396. The van der Waals surface area contributed by atoms with Crippen molar-refractivity contribution in [3.63, 3.8) is 0 Å². The second-order valence-electron chi connectivity index (χ2n) is 2.69. The molecule has 0 bridgehead atoms. The van der Waals surface area contributed by atoms with Gasteiger partial charge in [0, 0.05) is 24.8 Å². The lowest BCUT2D eigenvalue weighted by molar-refractivity contribution is 0.554. The fourth-order valence-corrected chi connectivity index (χ4v) is 0.987. The number of hydrogen-bond acceptors (Lipinski definition) is 2. The van der Waals surface area contributed by atoms with Crippen molar-refractivity contribution in [3.8, 4) is 0 Å². The van der Waals surface area contributed by atoms with Gasteiger partial charge < -0.3 is 10.6 Å². The Hall–Kier alpha value is -1.00. The second-order valence-corrected chi connectivity index (χ2v) is 2.69. The van der Waals surface area contributed by atoms with Gasteiger partial charge in [-0.25, -0.2) is 8.78 Å². The van der Waals surface area contributed by atoms with Gasteiger partial charge in [0.15, 0.2) is 0 Å². The minimum Gasteiger partial charge on any atom is -0.308 e. The fraction of sp³-hybridized carbons (Fsp3) is 0.333. The van der Waals surface area contributed by atoms with Crippen LogP contribution in [0, 0.1) is 11.6 Å². The lowest BCUT2D eigenvalue weighted by Gasteiger charge is -2.04. The molecule has 1 aromatic rings. The molecular weight excluding hydrogens is 174 g/mol. The quantitative estimate of drug-likeness (QED) is 0.546. The summed E-state index contributed by atoms with van der Waals surface area (Å²) in [6.45, 7) is 0.990. The van der Waals surface area contributed by atoms with Crippen LogP contribution in [-0.4, -0.2) is 13.7 Å². The molecule has 0 heterocycles. The highest BCUT2D eigenvalue weighted by Crippen LogP contribution is 2.08. The third kappa shape index (κ3) is 3.08. The molecule has 0 saturated heterocycles. The first kappa shape index (κ1) is 10.1. The lowest BCUT2D eigenvalue weighted by Crippen LogP contribution is -2.25. The number of hydrogen-bond donors (Lipinski definition) is 2. The highest BCUT2D eigenvalue weighted by Gasteiger charge is 2.01. The SMILES string of the molecule is CNCNCc1ccc(F)cc1F. The van der Waals surface area contributed by atoms with Crippen molar-refractivity contribution in [2.75, 3.05) is 13.7 Å². The zero-order chi connectivity index (χ0) is 9.68. The van der Waals surface area contributed by atoms with E-state index in [-0.39, 0.29) is 0 Å². The molecular formula is C9H12F2N2. The van der Waals surface area contributed by atoms with Crippen LogP contribution in [-0.2, 0) is 6.54 Å². The summed E-state index contributed by atoms with van der Waals surface area (Å²) in [6.07, 6.45) is 0. The molecule has 0 spiro atoms. The zero-order valence-electron chi connectivity index (χ0n) is 7.40. The average molecular weight is 186 g/mol. The predicted molar refractivity (Wildman–Crippen MR) is 47.1 cm³/mol. The topological polar surface area (TPSA) is 24.1 Å². The van der Waals surface area contributed by atoms with Crippen LogP contribution in [0.2, 0.25) is 0 Å². The Labute approximate surface area is 76.0 Å². The van der Waals surface area contributed by atoms with E-state index in [4.69, 9.17) is 0 Å². The minimum atomic E-state index is -0.546. The van der Waals surface area contributed by atoms with E-state index in [9.17, 15) is 8.78 Å². The highest BCUT2D eigenvalue weighted by molar-refractivity contribution is 5.18. The Morgan fingerprint density at radius 2 is 2.08 bits per heavy atom. The Morgan fingerprint density at radius 1 is 1.31 bits per heavy atom. The molecule has 0 unspecified atom stereocenters. The molecule has 0 atom stereocenters. The molecule has 13 heavy (non-hydrogen) atoms. The Bertz CT molecular complexity index is 276. The van der Waals surface area contributed by atoms with E-state index in [0.29, 0.717) is 18.8 Å². The van der Waals surface area contributed by atoms with Gasteiger partial charge in [0.2, 0.25) is 0 Å². The van der Waals surface area contributed by atoms with Crippen molar-refractivity contribution >= 4 is 0 Å². The molecule has 0 amide bonds. The van der Waals surface area contributed by atoms with Crippen molar-refractivity contribution < 1.29 is 8.78 Å². The predicted octanol–water partition coefficient (Wildman–Crippen LogP) is 1.23. The van der Waals surface area contributed by atoms with Gasteiger partial charge in [0.1, 0.15) is 11.6 Å². The van der Waals surface area contributed by atoms with Gasteiger partial charge in [0.05, 0.1) is 0 Å². The van der Waals surface area contributed by atoms with E-state index < -0.39 is 11.6 Å². The summed E-state index contributed by atoms with van der Waals surface area (Å²) >= 11 is 0. The van der Waals surface area contributed by atoms with E-state index in [1.807, 2.05) is 0 Å². The maximum Gasteiger partial charge on any atom is 0.130 e. The van der Waals surface area contributed by atoms with Gasteiger partial charge in [-0.05, 0) is 13.1 Å². The van der Waals surface area contributed by atoms with Crippen LogP contribution in [0.25, 0.3) is 0 Å². The van der Waals surface area contributed by atoms with Gasteiger partial charge in [-0.2, -0.15) is 0 Å². The third-order valence-electron chi connectivity index (χ3n) is 1.63. The van der Waals surface area contributed by atoms with Crippen LogP contribution in [0.3, 0.4) is 0 Å². The molecule has 0 aliphatic rings. The van der Waals surface area contributed by atoms with Crippen LogP contribution in [0.1, 0.15) is 5.56 Å². The normalized spacial score (nSPS) is 10.4. The Kier molecular flexibility index (Phi) is 3.79. The van der Waals surface area contributed by atoms with E-state index in [2.05, 4.69) is 10.6 Å². The molecule has 2 nitrogen and oxygen atoms in total. The molecule has 4 heteroatoms. The standard InChI is InChI=1S/C9H12F2N2/c1-12-6-13-5-7-2-3-8(10)4-9(7)11/h2-4,12-13H,5-6H2,1H3. The van der Waals surface area contributed by atoms with Crippen LogP contribution < -0.4 is 10.6 Å². The van der Waals surface area contributed by atoms with Crippen molar-refractivity contribution in [1.82, 2.24) is 10.6 Å². The maximum absolute atomic E-state index is 13.0. The summed E-state index contributed by atoms with van der Waals surface area (Å²) in [5, 5.41) is 5.80. The Balaban J connectivity index is 2.56. The number of benzene rings is 1. The van der Waals surface area contributed by atoms with E-state index in [0.717, 1.165) is 6.07 Å². The molecule has 2 N–H and O–H groups in total. The molecule has 0 saturated carbocycles. The zero-order valence-corrected chi connectivity index (χ0v) is 7.40. The molecule has 0 aliphatic heterocycles. The molecule has 1 aromatic carbocycles. The monoisotopic (exact) mass is 186 g/mol. The third-order valence-corrected chi connectivity index (χ3v) is 1.63. The highest BCUT2D eigenvalue weighted by atomic mass is 19.1. The molecule has 72 valence electrons. The molecule has 0 aliphatic carbocycles. The molecule has 0 fully saturated rings. The summed E-state index contributed by atoms with van der Waals surface area (Å²) < 4.78 is 25.4. The summed E-state index contributed by atoms with van der Waals surface area (Å²) in [5.41, 5.74) is 0.469. The first-order chi connectivity index (χ1) is 6.24. The first-order valence-corrected chi connectivity index (χ1v) is 4.03. The summed E-state index contributed by atoms with van der Waals surface area (Å²) in [4.78, 5) is 0. The smallest absolute Gasteiger partial charge is 0.130 e. The summed E-state index contributed by atoms with van der Waals surface area (Å²) in [7, 11) is 1.79. The number of rotatable bonds is 4. The van der Waals surface area contributed by atoms with E-state index >= 15 is 0 Å². The van der Waals surface area contributed by atoms with Crippen LogP contribution in [0.4, 0.5) is 8.78 Å².